The molecule has 0 aliphatic heterocycles. The molecule has 1 heterocycles. The average Bonchev–Trinajstić information content (AvgIpc) is 2.82. The molecule has 0 aliphatic rings. The third-order valence-corrected chi connectivity index (χ3v) is 4.02. The van der Waals surface area contributed by atoms with E-state index in [4.69, 9.17) is 10.8 Å². The Balaban J connectivity index is 1.93. The summed E-state index contributed by atoms with van der Waals surface area (Å²) in [4.78, 5) is 15.4. The first-order chi connectivity index (χ1) is 10.0. The Morgan fingerprint density at radius 1 is 1.29 bits per heavy atom. The predicted molar refractivity (Wildman–Crippen MR) is 85.5 cm³/mol. The van der Waals surface area contributed by atoms with Crippen LogP contribution in [0, 0.1) is 6.92 Å². The van der Waals surface area contributed by atoms with Crippen LogP contribution >= 0.6 is 11.3 Å². The molecule has 106 valence electrons. The van der Waals surface area contributed by atoms with Gasteiger partial charge in [0.2, 0.25) is 0 Å². The second-order valence-electron chi connectivity index (χ2n) is 4.72. The van der Waals surface area contributed by atoms with Gasteiger partial charge in [0.1, 0.15) is 0 Å². The monoisotopic (exact) mass is 299 g/mol. The van der Waals surface area contributed by atoms with Gasteiger partial charge in [0.25, 0.3) is 0 Å². The first-order valence-electron chi connectivity index (χ1n) is 6.30. The van der Waals surface area contributed by atoms with Crippen molar-refractivity contribution < 1.29 is 9.90 Å². The smallest absolute Gasteiger partial charge is 0.335 e. The van der Waals surface area contributed by atoms with Gasteiger partial charge in [-0.3, -0.25) is 0 Å². The summed E-state index contributed by atoms with van der Waals surface area (Å²) in [6, 6.07) is 10.7. The molecule has 0 radical (unpaired) electrons. The molecule has 0 aliphatic carbocycles. The molecule has 0 fully saturated rings. The molecule has 4 N–H and O–H groups in total. The molecule has 0 amide bonds. The highest BCUT2D eigenvalue weighted by Gasteiger charge is 2.09. The highest BCUT2D eigenvalue weighted by Crippen LogP contribution is 2.31. The Bertz CT molecular complexity index is 842. The second kappa shape index (κ2) is 5.06. The fraction of sp³-hybridized carbons (Fsp3) is 0.0667. The number of nitrogens with one attached hydrogen (secondary N) is 1. The molecule has 0 atom stereocenters. The predicted octanol–water partition coefficient (Wildman–Crippen LogP) is 3.63. The maximum atomic E-state index is 10.9. The van der Waals surface area contributed by atoms with Gasteiger partial charge in [-0.2, -0.15) is 0 Å². The first kappa shape index (κ1) is 13.4. The molecule has 6 heteroatoms. The summed E-state index contributed by atoms with van der Waals surface area (Å²) in [5.74, 6) is -0.997. The van der Waals surface area contributed by atoms with Gasteiger partial charge in [-0.05, 0) is 42.8 Å². The highest BCUT2D eigenvalue weighted by atomic mass is 32.1. The van der Waals surface area contributed by atoms with Crippen molar-refractivity contribution in [1.82, 2.24) is 4.98 Å². The van der Waals surface area contributed by atoms with E-state index < -0.39 is 5.97 Å². The number of rotatable bonds is 3. The number of benzene rings is 2. The Kier molecular flexibility index (Phi) is 3.23. The zero-order chi connectivity index (χ0) is 15.0. The van der Waals surface area contributed by atoms with Crippen LogP contribution in [0.4, 0.5) is 16.5 Å². The van der Waals surface area contributed by atoms with E-state index in [1.54, 1.807) is 6.07 Å². The number of aromatic carboxylic acids is 1. The summed E-state index contributed by atoms with van der Waals surface area (Å²) in [7, 11) is 0. The van der Waals surface area contributed by atoms with E-state index in [2.05, 4.69) is 16.4 Å². The summed E-state index contributed by atoms with van der Waals surface area (Å²) in [5, 5.41) is 12.8. The summed E-state index contributed by atoms with van der Waals surface area (Å²) < 4.78 is 1.10. The third-order valence-electron chi connectivity index (χ3n) is 3.08. The number of hydrogen-bond acceptors (Lipinski definition) is 5. The molecular formula is C15H13N3O2S. The Morgan fingerprint density at radius 3 is 2.81 bits per heavy atom. The molecule has 0 saturated carbocycles. The van der Waals surface area contributed by atoms with Crippen molar-refractivity contribution >= 4 is 44.0 Å². The van der Waals surface area contributed by atoms with Crippen LogP contribution in [0.25, 0.3) is 10.2 Å². The molecule has 2 aromatic carbocycles. The van der Waals surface area contributed by atoms with Crippen molar-refractivity contribution in [1.29, 1.82) is 0 Å². The largest absolute Gasteiger partial charge is 0.478 e. The standard InChI is InChI=1S/C15H13N3O2S/c1-8-2-4-12-13(6-8)21-15(18-12)17-11-5-3-9(14(19)20)7-10(11)16/h2-7H,16H2,1H3,(H,17,18)(H,19,20). The molecule has 3 rings (SSSR count). The maximum Gasteiger partial charge on any atom is 0.335 e. The number of fused-ring (bicyclic) bond motifs is 1. The van der Waals surface area contributed by atoms with Crippen LogP contribution in [-0.4, -0.2) is 16.1 Å². The zero-order valence-electron chi connectivity index (χ0n) is 11.3. The van der Waals surface area contributed by atoms with Crippen LogP contribution in [0.15, 0.2) is 36.4 Å². The first-order valence-corrected chi connectivity index (χ1v) is 7.11. The summed E-state index contributed by atoms with van der Waals surface area (Å²) in [5.41, 5.74) is 9.18. The lowest BCUT2D eigenvalue weighted by Crippen LogP contribution is -2.01. The van der Waals surface area contributed by atoms with E-state index in [1.807, 2.05) is 19.1 Å². The van der Waals surface area contributed by atoms with Crippen LogP contribution in [0.2, 0.25) is 0 Å². The van der Waals surface area contributed by atoms with Gasteiger partial charge in [-0.1, -0.05) is 17.4 Å². The Morgan fingerprint density at radius 2 is 2.10 bits per heavy atom. The summed E-state index contributed by atoms with van der Waals surface area (Å²) in [6.07, 6.45) is 0. The van der Waals surface area contributed by atoms with Crippen LogP contribution < -0.4 is 11.1 Å². The van der Waals surface area contributed by atoms with Gasteiger partial charge in [-0.25, -0.2) is 9.78 Å². The number of carbonyl (C=O) groups is 1. The minimum atomic E-state index is -0.997. The maximum absolute atomic E-state index is 10.9. The van der Waals surface area contributed by atoms with E-state index in [1.165, 1.54) is 29.0 Å². The zero-order valence-corrected chi connectivity index (χ0v) is 12.1. The number of carboxylic acids is 1. The van der Waals surface area contributed by atoms with Crippen LogP contribution in [0.3, 0.4) is 0 Å². The van der Waals surface area contributed by atoms with Crippen LogP contribution in [0.5, 0.6) is 0 Å². The van der Waals surface area contributed by atoms with Gasteiger partial charge in [0.15, 0.2) is 5.13 Å². The minimum absolute atomic E-state index is 0.165. The van der Waals surface area contributed by atoms with Crippen molar-refractivity contribution in [3.05, 3.63) is 47.5 Å². The number of nitrogens with two attached hydrogens (primary N) is 1. The van der Waals surface area contributed by atoms with Gasteiger partial charge >= 0.3 is 5.97 Å². The summed E-state index contributed by atoms with van der Waals surface area (Å²) >= 11 is 1.53. The Hall–Kier alpha value is -2.60. The van der Waals surface area contributed by atoms with Crippen LogP contribution in [0.1, 0.15) is 15.9 Å². The van der Waals surface area contributed by atoms with Gasteiger partial charge in [0.05, 0.1) is 27.2 Å². The number of nitrogen functional groups attached to an aromatic ring is 1. The normalized spacial score (nSPS) is 10.7. The van der Waals surface area contributed by atoms with Crippen molar-refractivity contribution in [2.75, 3.05) is 11.1 Å². The van der Waals surface area contributed by atoms with E-state index in [9.17, 15) is 4.79 Å². The van der Waals surface area contributed by atoms with Gasteiger partial charge in [0, 0.05) is 0 Å². The van der Waals surface area contributed by atoms with Gasteiger partial charge in [-0.15, -0.1) is 0 Å². The lowest BCUT2D eigenvalue weighted by atomic mass is 10.2. The molecule has 5 nitrogen and oxygen atoms in total. The molecule has 3 aromatic rings. The van der Waals surface area contributed by atoms with Crippen molar-refractivity contribution in [2.45, 2.75) is 6.92 Å². The highest BCUT2D eigenvalue weighted by molar-refractivity contribution is 7.22. The number of hydrogen-bond donors (Lipinski definition) is 3. The third kappa shape index (κ3) is 2.66. The topological polar surface area (TPSA) is 88.2 Å². The number of aromatic nitrogens is 1. The van der Waals surface area contributed by atoms with E-state index in [0.717, 1.165) is 15.3 Å². The molecule has 0 bridgehead atoms. The van der Waals surface area contributed by atoms with E-state index in [-0.39, 0.29) is 5.56 Å². The molecule has 0 spiro atoms. The minimum Gasteiger partial charge on any atom is -0.478 e. The lowest BCUT2D eigenvalue weighted by Gasteiger charge is -2.06. The van der Waals surface area contributed by atoms with E-state index >= 15 is 0 Å². The fourth-order valence-corrected chi connectivity index (χ4v) is 2.99. The summed E-state index contributed by atoms with van der Waals surface area (Å²) in [6.45, 7) is 2.04. The number of anilines is 3. The number of nitrogens with zero attached hydrogens (tertiary/aromatic N) is 1. The number of thiazole rings is 1. The van der Waals surface area contributed by atoms with Crippen molar-refractivity contribution in [3.63, 3.8) is 0 Å². The fourth-order valence-electron chi connectivity index (χ4n) is 2.01. The quantitative estimate of drug-likeness (QED) is 0.643. The van der Waals surface area contributed by atoms with E-state index in [0.29, 0.717) is 11.4 Å². The second-order valence-corrected chi connectivity index (χ2v) is 5.75. The van der Waals surface area contributed by atoms with Crippen LogP contribution in [-0.2, 0) is 0 Å². The number of aryl methyl sites for hydroxylation is 1. The lowest BCUT2D eigenvalue weighted by molar-refractivity contribution is 0.0697. The number of carboxylic acid groups (broad SMARTS) is 1. The molecule has 21 heavy (non-hydrogen) atoms. The van der Waals surface area contributed by atoms with Crippen molar-refractivity contribution in [2.24, 2.45) is 0 Å². The SMILES string of the molecule is Cc1ccc2nc(Nc3ccc(C(=O)O)cc3N)sc2c1. The molecule has 0 saturated heterocycles. The Labute approximate surface area is 125 Å². The molecule has 0 unspecified atom stereocenters. The van der Waals surface area contributed by atoms with Gasteiger partial charge < -0.3 is 16.2 Å². The average molecular weight is 299 g/mol. The van der Waals surface area contributed by atoms with Crippen molar-refractivity contribution in [3.8, 4) is 0 Å². The molecular weight excluding hydrogens is 286 g/mol. The molecule has 1 aromatic heterocycles.